The van der Waals surface area contributed by atoms with Crippen molar-refractivity contribution in [3.05, 3.63) is 51.7 Å². The third-order valence-electron chi connectivity index (χ3n) is 4.43. The SMILES string of the molecule is COC(=O)C1CN(C)C(C)=CC1(C(=O)O)c1ccccc1[N+](=O)[O-]. The number of aliphatic carboxylic acids is 1. The summed E-state index contributed by atoms with van der Waals surface area (Å²) in [5.41, 5.74) is -1.64. The molecule has 2 atom stereocenters. The highest BCUT2D eigenvalue weighted by atomic mass is 16.6. The van der Waals surface area contributed by atoms with Crippen LogP contribution < -0.4 is 0 Å². The number of rotatable bonds is 4. The highest BCUT2D eigenvalue weighted by Gasteiger charge is 2.55. The summed E-state index contributed by atoms with van der Waals surface area (Å²) in [6.07, 6.45) is 1.39. The van der Waals surface area contributed by atoms with Gasteiger partial charge in [0.1, 0.15) is 5.41 Å². The van der Waals surface area contributed by atoms with Crippen LogP contribution >= 0.6 is 0 Å². The molecule has 0 spiro atoms. The average Bonchev–Trinajstić information content (AvgIpc) is 2.55. The second kappa shape index (κ2) is 6.31. The summed E-state index contributed by atoms with van der Waals surface area (Å²) in [5, 5.41) is 21.4. The van der Waals surface area contributed by atoms with Crippen molar-refractivity contribution < 1.29 is 24.4 Å². The van der Waals surface area contributed by atoms with Crippen LogP contribution in [-0.2, 0) is 19.7 Å². The maximum atomic E-state index is 12.3. The van der Waals surface area contributed by atoms with E-state index in [1.165, 1.54) is 37.5 Å². The summed E-state index contributed by atoms with van der Waals surface area (Å²) < 4.78 is 4.77. The third kappa shape index (κ3) is 2.60. The van der Waals surface area contributed by atoms with Crippen molar-refractivity contribution in [2.75, 3.05) is 20.7 Å². The normalized spacial score (nSPS) is 23.4. The Balaban J connectivity index is 2.84. The minimum absolute atomic E-state index is 0.0367. The Labute approximate surface area is 138 Å². The van der Waals surface area contributed by atoms with Gasteiger partial charge >= 0.3 is 11.9 Å². The Morgan fingerprint density at radius 2 is 2.04 bits per heavy atom. The van der Waals surface area contributed by atoms with Crippen molar-refractivity contribution in [2.24, 2.45) is 5.92 Å². The van der Waals surface area contributed by atoms with Crippen molar-refractivity contribution in [1.82, 2.24) is 4.90 Å². The molecular formula is C16H18N2O6. The number of nitro benzene ring substituents is 1. The van der Waals surface area contributed by atoms with Crippen LogP contribution in [0.3, 0.4) is 0 Å². The van der Waals surface area contributed by atoms with Crippen molar-refractivity contribution in [1.29, 1.82) is 0 Å². The Kier molecular flexibility index (Phi) is 4.59. The Bertz CT molecular complexity index is 729. The highest BCUT2D eigenvalue weighted by molar-refractivity contribution is 5.93. The van der Waals surface area contributed by atoms with Crippen LogP contribution in [0.2, 0.25) is 0 Å². The Morgan fingerprint density at radius 3 is 2.58 bits per heavy atom. The molecular weight excluding hydrogens is 316 g/mol. The predicted molar refractivity (Wildman–Crippen MR) is 84.3 cm³/mol. The van der Waals surface area contributed by atoms with Gasteiger partial charge in [-0.25, -0.2) is 0 Å². The van der Waals surface area contributed by atoms with Crippen LogP contribution in [0, 0.1) is 16.0 Å². The van der Waals surface area contributed by atoms with Crippen LogP contribution in [0.25, 0.3) is 0 Å². The van der Waals surface area contributed by atoms with E-state index in [2.05, 4.69) is 0 Å². The van der Waals surface area contributed by atoms with Gasteiger partial charge in [-0.3, -0.25) is 19.7 Å². The predicted octanol–water partition coefficient (Wildman–Crippen LogP) is 1.56. The molecule has 1 aliphatic heterocycles. The first-order valence-electron chi connectivity index (χ1n) is 7.21. The van der Waals surface area contributed by atoms with Gasteiger partial charge in [-0.2, -0.15) is 0 Å². The molecule has 8 heteroatoms. The van der Waals surface area contributed by atoms with Gasteiger partial charge in [-0.05, 0) is 13.0 Å². The monoisotopic (exact) mass is 334 g/mol. The zero-order chi connectivity index (χ0) is 18.1. The van der Waals surface area contributed by atoms with Gasteiger partial charge in [-0.15, -0.1) is 0 Å². The minimum atomic E-state index is -1.87. The molecule has 128 valence electrons. The average molecular weight is 334 g/mol. The molecule has 0 saturated carbocycles. The van der Waals surface area contributed by atoms with E-state index >= 15 is 0 Å². The largest absolute Gasteiger partial charge is 0.480 e. The zero-order valence-electron chi connectivity index (χ0n) is 13.6. The summed E-state index contributed by atoms with van der Waals surface area (Å²) in [7, 11) is 2.88. The van der Waals surface area contributed by atoms with Crippen molar-refractivity contribution in [3.63, 3.8) is 0 Å². The van der Waals surface area contributed by atoms with E-state index < -0.39 is 28.2 Å². The minimum Gasteiger partial charge on any atom is -0.480 e. The molecule has 1 heterocycles. The fourth-order valence-corrected chi connectivity index (χ4v) is 3.08. The van der Waals surface area contributed by atoms with E-state index in [-0.39, 0.29) is 17.8 Å². The van der Waals surface area contributed by atoms with Crippen molar-refractivity contribution in [3.8, 4) is 0 Å². The van der Waals surface area contributed by atoms with Gasteiger partial charge in [0.15, 0.2) is 0 Å². The Hall–Kier alpha value is -2.90. The van der Waals surface area contributed by atoms with Gasteiger partial charge in [-0.1, -0.05) is 18.2 Å². The fraction of sp³-hybridized carbons (Fsp3) is 0.375. The maximum absolute atomic E-state index is 12.3. The quantitative estimate of drug-likeness (QED) is 0.505. The van der Waals surface area contributed by atoms with E-state index in [4.69, 9.17) is 4.74 Å². The van der Waals surface area contributed by atoms with Crippen LogP contribution in [-0.4, -0.2) is 47.6 Å². The highest BCUT2D eigenvalue weighted by Crippen LogP contribution is 2.44. The number of methoxy groups -OCH3 is 1. The van der Waals surface area contributed by atoms with Crippen LogP contribution in [0.5, 0.6) is 0 Å². The number of para-hydroxylation sites is 1. The molecule has 1 N–H and O–H groups in total. The van der Waals surface area contributed by atoms with E-state index in [1.54, 1.807) is 18.9 Å². The summed E-state index contributed by atoms with van der Waals surface area (Å²) >= 11 is 0. The molecule has 0 aliphatic carbocycles. The number of hydrogen-bond acceptors (Lipinski definition) is 6. The molecule has 24 heavy (non-hydrogen) atoms. The lowest BCUT2D eigenvalue weighted by molar-refractivity contribution is -0.386. The molecule has 1 aromatic rings. The molecule has 1 aliphatic rings. The molecule has 0 bridgehead atoms. The second-order valence-electron chi connectivity index (χ2n) is 5.69. The summed E-state index contributed by atoms with van der Waals surface area (Å²) in [4.78, 5) is 37.0. The number of carbonyl (C=O) groups is 2. The number of allylic oxidation sites excluding steroid dienone is 1. The first-order chi connectivity index (χ1) is 11.3. The van der Waals surface area contributed by atoms with Crippen LogP contribution in [0.1, 0.15) is 12.5 Å². The lowest BCUT2D eigenvalue weighted by atomic mass is 9.67. The number of carboxylic acid groups (broad SMARTS) is 1. The molecule has 0 saturated heterocycles. The van der Waals surface area contributed by atoms with E-state index in [1.807, 2.05) is 0 Å². The molecule has 2 unspecified atom stereocenters. The first kappa shape index (κ1) is 17.5. The second-order valence-corrected chi connectivity index (χ2v) is 5.69. The number of nitrogens with zero attached hydrogens (tertiary/aromatic N) is 2. The number of nitro groups is 1. The molecule has 0 radical (unpaired) electrons. The first-order valence-corrected chi connectivity index (χ1v) is 7.21. The molecule has 0 aromatic heterocycles. The van der Waals surface area contributed by atoms with Gasteiger partial charge in [0.25, 0.3) is 5.69 Å². The van der Waals surface area contributed by atoms with Gasteiger partial charge in [0.05, 0.1) is 23.5 Å². The number of carboxylic acids is 1. The molecule has 0 amide bonds. The molecule has 1 aromatic carbocycles. The van der Waals surface area contributed by atoms with Gasteiger partial charge in [0.2, 0.25) is 0 Å². The van der Waals surface area contributed by atoms with Gasteiger partial charge in [0, 0.05) is 25.4 Å². The topological polar surface area (TPSA) is 110 Å². The Morgan fingerprint density at radius 1 is 1.42 bits per heavy atom. The number of carbonyl (C=O) groups excluding carboxylic acids is 1. The molecule has 2 rings (SSSR count). The third-order valence-corrected chi connectivity index (χ3v) is 4.43. The van der Waals surface area contributed by atoms with Crippen LogP contribution in [0.4, 0.5) is 5.69 Å². The summed E-state index contributed by atoms with van der Waals surface area (Å²) in [6, 6.07) is 5.58. The van der Waals surface area contributed by atoms with Crippen molar-refractivity contribution in [2.45, 2.75) is 12.3 Å². The van der Waals surface area contributed by atoms with Crippen molar-refractivity contribution >= 4 is 17.6 Å². The standard InChI is InChI=1S/C16H18N2O6/c1-10-8-16(15(20)21,12(9-17(10)2)14(19)24-3)11-6-4-5-7-13(11)18(22)23/h4-8,12H,9H2,1-3H3,(H,20,21). The van der Waals surface area contributed by atoms with Crippen LogP contribution in [0.15, 0.2) is 36.0 Å². The lowest BCUT2D eigenvalue weighted by Gasteiger charge is -2.41. The smallest absolute Gasteiger partial charge is 0.319 e. The van der Waals surface area contributed by atoms with E-state index in [0.29, 0.717) is 5.70 Å². The number of esters is 1. The van der Waals surface area contributed by atoms with Gasteiger partial charge < -0.3 is 14.7 Å². The van der Waals surface area contributed by atoms with E-state index in [9.17, 15) is 24.8 Å². The number of ether oxygens (including phenoxy) is 1. The number of hydrogen-bond donors (Lipinski definition) is 1. The number of benzene rings is 1. The fourth-order valence-electron chi connectivity index (χ4n) is 3.08. The molecule has 8 nitrogen and oxygen atoms in total. The maximum Gasteiger partial charge on any atom is 0.319 e. The zero-order valence-corrected chi connectivity index (χ0v) is 13.6. The van der Waals surface area contributed by atoms with E-state index in [0.717, 1.165) is 0 Å². The lowest BCUT2D eigenvalue weighted by Crippen LogP contribution is -2.53. The molecule has 0 fully saturated rings. The summed E-state index contributed by atoms with van der Waals surface area (Å²) in [6.45, 7) is 1.77. The summed E-state index contributed by atoms with van der Waals surface area (Å²) in [5.74, 6) is -3.18.